The van der Waals surface area contributed by atoms with E-state index in [0.29, 0.717) is 0 Å². The highest BCUT2D eigenvalue weighted by atomic mass is 16.2. The Morgan fingerprint density at radius 3 is 2.94 bits per heavy atom. The van der Waals surface area contributed by atoms with E-state index in [0.717, 1.165) is 25.1 Å². The first-order chi connectivity index (χ1) is 8.16. The molecule has 0 saturated heterocycles. The van der Waals surface area contributed by atoms with Crippen LogP contribution in [0.5, 0.6) is 0 Å². The van der Waals surface area contributed by atoms with E-state index in [2.05, 4.69) is 32.7 Å². The van der Waals surface area contributed by atoms with E-state index in [9.17, 15) is 4.79 Å². The molecule has 1 aliphatic rings. The Morgan fingerprint density at radius 1 is 1.53 bits per heavy atom. The summed E-state index contributed by atoms with van der Waals surface area (Å²) in [5.74, 6) is 1.05. The summed E-state index contributed by atoms with van der Waals surface area (Å²) in [6, 6.07) is 0.216. The first-order valence-electron chi connectivity index (χ1n) is 6.05. The van der Waals surface area contributed by atoms with E-state index in [4.69, 9.17) is 0 Å². The molecular weight excluding hydrogens is 216 g/mol. The Balaban J connectivity index is 1.96. The molecule has 5 nitrogen and oxygen atoms in total. The Bertz CT molecular complexity index is 422. The van der Waals surface area contributed by atoms with Crippen LogP contribution in [0.1, 0.15) is 55.5 Å². The number of carbonyl (C=O) groups excluding carboxylic acids is 1. The standard InChI is InChI=1S/C12H18N4O/c1-8(2)10-14-11(16-15-10)12(17)13-9-6-4-3-5-7-9/h3-4,8-9H,5-7H2,1-2H3,(H,13,17)(H,14,15,16). The third-order valence-corrected chi connectivity index (χ3v) is 2.86. The molecule has 5 heteroatoms. The van der Waals surface area contributed by atoms with Gasteiger partial charge in [0.2, 0.25) is 5.82 Å². The molecule has 1 aliphatic carbocycles. The van der Waals surface area contributed by atoms with Crippen LogP contribution in [0.4, 0.5) is 0 Å². The molecule has 1 atom stereocenters. The molecule has 0 aliphatic heterocycles. The minimum Gasteiger partial charge on any atom is -0.346 e. The molecule has 1 aromatic rings. The van der Waals surface area contributed by atoms with Gasteiger partial charge in [0.15, 0.2) is 0 Å². The molecule has 1 heterocycles. The van der Waals surface area contributed by atoms with Crippen molar-refractivity contribution in [1.29, 1.82) is 0 Å². The number of carbonyl (C=O) groups is 1. The molecule has 0 aromatic carbocycles. The zero-order chi connectivity index (χ0) is 12.3. The zero-order valence-electron chi connectivity index (χ0n) is 10.2. The lowest BCUT2D eigenvalue weighted by Crippen LogP contribution is -2.35. The number of nitrogens with zero attached hydrogens (tertiary/aromatic N) is 2. The van der Waals surface area contributed by atoms with Crippen molar-refractivity contribution < 1.29 is 4.79 Å². The van der Waals surface area contributed by atoms with Crippen molar-refractivity contribution in [2.24, 2.45) is 0 Å². The number of amides is 1. The van der Waals surface area contributed by atoms with Gasteiger partial charge in [0.1, 0.15) is 5.82 Å². The number of nitrogens with one attached hydrogen (secondary N) is 2. The van der Waals surface area contributed by atoms with Crippen molar-refractivity contribution in [2.75, 3.05) is 0 Å². The Kier molecular flexibility index (Phi) is 3.56. The van der Waals surface area contributed by atoms with Crippen LogP contribution >= 0.6 is 0 Å². The van der Waals surface area contributed by atoms with Crippen molar-refractivity contribution in [3.63, 3.8) is 0 Å². The highest BCUT2D eigenvalue weighted by molar-refractivity contribution is 5.90. The molecule has 0 spiro atoms. The third-order valence-electron chi connectivity index (χ3n) is 2.86. The topological polar surface area (TPSA) is 70.7 Å². The fourth-order valence-electron chi connectivity index (χ4n) is 1.81. The van der Waals surface area contributed by atoms with Crippen LogP contribution in [0.25, 0.3) is 0 Å². The number of H-pyrrole nitrogens is 1. The Hall–Kier alpha value is -1.65. The van der Waals surface area contributed by atoms with Gasteiger partial charge in [-0.25, -0.2) is 4.98 Å². The molecule has 17 heavy (non-hydrogen) atoms. The first kappa shape index (κ1) is 11.8. The summed E-state index contributed by atoms with van der Waals surface area (Å²) >= 11 is 0. The fourth-order valence-corrected chi connectivity index (χ4v) is 1.81. The number of hydrogen-bond acceptors (Lipinski definition) is 3. The van der Waals surface area contributed by atoms with Crippen LogP contribution in [-0.2, 0) is 0 Å². The van der Waals surface area contributed by atoms with Gasteiger partial charge in [-0.2, -0.15) is 0 Å². The number of rotatable bonds is 3. The van der Waals surface area contributed by atoms with Crippen LogP contribution in [0.3, 0.4) is 0 Å². The molecular formula is C12H18N4O. The predicted molar refractivity (Wildman–Crippen MR) is 64.7 cm³/mol. The van der Waals surface area contributed by atoms with E-state index in [1.807, 2.05) is 13.8 Å². The molecule has 0 saturated carbocycles. The van der Waals surface area contributed by atoms with Crippen LogP contribution in [0.15, 0.2) is 12.2 Å². The summed E-state index contributed by atoms with van der Waals surface area (Å²) in [5.41, 5.74) is 0. The molecule has 1 aromatic heterocycles. The number of aromatic amines is 1. The number of allylic oxidation sites excluding steroid dienone is 1. The second kappa shape index (κ2) is 5.12. The number of aromatic nitrogens is 3. The maximum Gasteiger partial charge on any atom is 0.291 e. The average molecular weight is 234 g/mol. The minimum absolute atomic E-state index is 0.187. The van der Waals surface area contributed by atoms with Gasteiger partial charge < -0.3 is 5.32 Å². The normalized spacial score (nSPS) is 19.6. The van der Waals surface area contributed by atoms with Crippen LogP contribution < -0.4 is 5.32 Å². The van der Waals surface area contributed by atoms with Crippen molar-refractivity contribution in [3.05, 3.63) is 23.8 Å². The van der Waals surface area contributed by atoms with Gasteiger partial charge in [-0.3, -0.25) is 9.89 Å². The molecule has 0 fully saturated rings. The van der Waals surface area contributed by atoms with Gasteiger partial charge in [0.05, 0.1) is 0 Å². The molecule has 1 amide bonds. The minimum atomic E-state index is -0.187. The Morgan fingerprint density at radius 2 is 2.35 bits per heavy atom. The maximum absolute atomic E-state index is 11.9. The van der Waals surface area contributed by atoms with Crippen molar-refractivity contribution in [1.82, 2.24) is 20.5 Å². The second-order valence-corrected chi connectivity index (χ2v) is 4.65. The van der Waals surface area contributed by atoms with Gasteiger partial charge >= 0.3 is 0 Å². The third kappa shape index (κ3) is 2.93. The van der Waals surface area contributed by atoms with Crippen molar-refractivity contribution in [2.45, 2.75) is 45.1 Å². The molecule has 92 valence electrons. The lowest BCUT2D eigenvalue weighted by atomic mass is 10.0. The summed E-state index contributed by atoms with van der Waals surface area (Å²) in [6.45, 7) is 4.02. The van der Waals surface area contributed by atoms with Gasteiger partial charge in [-0.1, -0.05) is 26.0 Å². The van der Waals surface area contributed by atoms with Crippen LogP contribution in [0.2, 0.25) is 0 Å². The lowest BCUT2D eigenvalue weighted by molar-refractivity contribution is 0.0924. The summed E-state index contributed by atoms with van der Waals surface area (Å²) in [4.78, 5) is 16.0. The van der Waals surface area contributed by atoms with Crippen LogP contribution in [0, 0.1) is 0 Å². The van der Waals surface area contributed by atoms with E-state index >= 15 is 0 Å². The largest absolute Gasteiger partial charge is 0.346 e. The zero-order valence-corrected chi connectivity index (χ0v) is 10.2. The van der Waals surface area contributed by atoms with E-state index in [1.165, 1.54) is 0 Å². The van der Waals surface area contributed by atoms with E-state index < -0.39 is 0 Å². The maximum atomic E-state index is 11.9. The van der Waals surface area contributed by atoms with Crippen molar-refractivity contribution >= 4 is 5.91 Å². The molecule has 0 bridgehead atoms. The van der Waals surface area contributed by atoms with Gasteiger partial charge in [-0.15, -0.1) is 5.10 Å². The fraction of sp³-hybridized carbons (Fsp3) is 0.583. The number of hydrogen-bond donors (Lipinski definition) is 2. The average Bonchev–Trinajstić information content (AvgIpc) is 2.79. The van der Waals surface area contributed by atoms with E-state index in [-0.39, 0.29) is 23.7 Å². The van der Waals surface area contributed by atoms with Crippen molar-refractivity contribution in [3.8, 4) is 0 Å². The predicted octanol–water partition coefficient (Wildman–Crippen LogP) is 1.77. The summed E-state index contributed by atoms with van der Waals surface area (Å²) in [7, 11) is 0. The first-order valence-corrected chi connectivity index (χ1v) is 6.05. The van der Waals surface area contributed by atoms with Gasteiger partial charge in [0, 0.05) is 12.0 Å². The van der Waals surface area contributed by atoms with E-state index in [1.54, 1.807) is 0 Å². The Labute approximate surface area is 101 Å². The molecule has 2 N–H and O–H groups in total. The second-order valence-electron chi connectivity index (χ2n) is 4.65. The van der Waals surface area contributed by atoms with Crippen LogP contribution in [-0.4, -0.2) is 27.1 Å². The summed E-state index contributed by atoms with van der Waals surface area (Å²) < 4.78 is 0. The van der Waals surface area contributed by atoms with Gasteiger partial charge in [0.25, 0.3) is 5.91 Å². The molecule has 1 unspecified atom stereocenters. The summed E-state index contributed by atoms with van der Waals surface area (Å²) in [6.07, 6.45) is 7.16. The van der Waals surface area contributed by atoms with Gasteiger partial charge in [-0.05, 0) is 19.3 Å². The summed E-state index contributed by atoms with van der Waals surface area (Å²) in [5, 5.41) is 9.68. The molecule has 2 rings (SSSR count). The monoisotopic (exact) mass is 234 g/mol. The highest BCUT2D eigenvalue weighted by Gasteiger charge is 2.18. The smallest absolute Gasteiger partial charge is 0.291 e. The SMILES string of the molecule is CC(C)c1nc(C(=O)NC2CC=CCC2)n[nH]1. The molecule has 0 radical (unpaired) electrons. The quantitative estimate of drug-likeness (QED) is 0.783. The lowest BCUT2D eigenvalue weighted by Gasteiger charge is -2.18. The highest BCUT2D eigenvalue weighted by Crippen LogP contribution is 2.11.